The van der Waals surface area contributed by atoms with Gasteiger partial charge in [0.05, 0.1) is 0 Å². The Kier molecular flexibility index (Phi) is 2.76. The molecule has 3 rings (SSSR count). The van der Waals surface area contributed by atoms with Crippen LogP contribution in [0.3, 0.4) is 0 Å². The Morgan fingerprint density at radius 3 is 2.94 bits per heavy atom. The molecule has 1 heterocycles. The maximum Gasteiger partial charge on any atom is 0.231 e. The van der Waals surface area contributed by atoms with Crippen molar-refractivity contribution in [3.8, 4) is 11.5 Å². The van der Waals surface area contributed by atoms with Crippen LogP contribution in [-0.2, 0) is 0 Å². The Hall–Kier alpha value is -1.49. The highest BCUT2D eigenvalue weighted by Crippen LogP contribution is 2.34. The van der Waals surface area contributed by atoms with Gasteiger partial charge in [0.15, 0.2) is 16.6 Å². The van der Waals surface area contributed by atoms with Crippen LogP contribution in [0.15, 0.2) is 18.2 Å². The van der Waals surface area contributed by atoms with Crippen molar-refractivity contribution < 1.29 is 9.47 Å². The lowest BCUT2D eigenvalue weighted by molar-refractivity contribution is 0.174. The van der Waals surface area contributed by atoms with Gasteiger partial charge in [-0.2, -0.15) is 0 Å². The molecule has 2 N–H and O–H groups in total. The molecule has 0 atom stereocenters. The van der Waals surface area contributed by atoms with Crippen LogP contribution in [0.5, 0.6) is 11.5 Å². The maximum atomic E-state index is 5.30. The van der Waals surface area contributed by atoms with E-state index in [-0.39, 0.29) is 0 Å². The van der Waals surface area contributed by atoms with Crippen molar-refractivity contribution in [2.75, 3.05) is 18.7 Å². The first kappa shape index (κ1) is 10.7. The van der Waals surface area contributed by atoms with Gasteiger partial charge >= 0.3 is 0 Å². The van der Waals surface area contributed by atoms with Crippen LogP contribution in [0.1, 0.15) is 12.8 Å². The molecule has 0 saturated heterocycles. The fourth-order valence-corrected chi connectivity index (χ4v) is 1.91. The predicted octanol–water partition coefficient (Wildman–Crippen LogP) is 2.11. The van der Waals surface area contributed by atoms with Crippen molar-refractivity contribution in [2.45, 2.75) is 12.8 Å². The molecule has 1 aliphatic heterocycles. The Bertz CT molecular complexity index is 446. The molecule has 1 aliphatic carbocycles. The topological polar surface area (TPSA) is 42.5 Å². The minimum absolute atomic E-state index is 0.295. The van der Waals surface area contributed by atoms with E-state index >= 15 is 0 Å². The normalized spacial score (nSPS) is 16.7. The van der Waals surface area contributed by atoms with Gasteiger partial charge in [-0.1, -0.05) is 0 Å². The number of fused-ring (bicyclic) bond motifs is 1. The Morgan fingerprint density at radius 1 is 1.29 bits per heavy atom. The molecule has 0 unspecified atom stereocenters. The summed E-state index contributed by atoms with van der Waals surface area (Å²) in [6.45, 7) is 1.26. The highest BCUT2D eigenvalue weighted by Gasteiger charge is 2.21. The molecular weight excluding hydrogens is 236 g/mol. The summed E-state index contributed by atoms with van der Waals surface area (Å²) in [5.74, 6) is 2.36. The van der Waals surface area contributed by atoms with E-state index in [4.69, 9.17) is 21.7 Å². The Morgan fingerprint density at radius 2 is 2.12 bits per heavy atom. The van der Waals surface area contributed by atoms with Crippen LogP contribution in [0.2, 0.25) is 0 Å². The van der Waals surface area contributed by atoms with Crippen LogP contribution < -0.4 is 20.1 Å². The van der Waals surface area contributed by atoms with Crippen LogP contribution in [0.4, 0.5) is 5.69 Å². The molecular formula is C12H14N2O2S. The molecule has 5 heteroatoms. The second kappa shape index (κ2) is 4.41. The monoisotopic (exact) mass is 250 g/mol. The first-order valence-corrected chi connectivity index (χ1v) is 6.16. The molecule has 0 aromatic heterocycles. The summed E-state index contributed by atoms with van der Waals surface area (Å²) in [6, 6.07) is 5.71. The number of benzene rings is 1. The molecule has 0 amide bonds. The van der Waals surface area contributed by atoms with E-state index in [0.717, 1.165) is 29.6 Å². The van der Waals surface area contributed by atoms with Crippen molar-refractivity contribution >= 4 is 23.0 Å². The van der Waals surface area contributed by atoms with Gasteiger partial charge in [-0.05, 0) is 43.1 Å². The second-order valence-corrected chi connectivity index (χ2v) is 4.75. The number of rotatable bonds is 3. The van der Waals surface area contributed by atoms with Gasteiger partial charge in [0.2, 0.25) is 6.79 Å². The largest absolute Gasteiger partial charge is 0.454 e. The van der Waals surface area contributed by atoms with Crippen LogP contribution in [0, 0.1) is 5.92 Å². The minimum Gasteiger partial charge on any atom is -0.454 e. The van der Waals surface area contributed by atoms with E-state index < -0.39 is 0 Å². The number of thiocarbonyl (C=S) groups is 1. The summed E-state index contributed by atoms with van der Waals surface area (Å²) in [7, 11) is 0. The standard InChI is InChI=1S/C12H14N2O2S/c17-12(13-6-8-1-2-8)14-9-3-4-10-11(5-9)16-7-15-10/h3-5,8H,1-2,6-7H2,(H2,13,14,17). The first-order valence-electron chi connectivity index (χ1n) is 5.76. The van der Waals surface area contributed by atoms with Gasteiger partial charge in [0.1, 0.15) is 0 Å². The van der Waals surface area contributed by atoms with Gasteiger partial charge in [-0.15, -0.1) is 0 Å². The number of hydrogen-bond donors (Lipinski definition) is 2. The minimum atomic E-state index is 0.295. The third kappa shape index (κ3) is 2.61. The molecule has 1 fully saturated rings. The molecule has 0 radical (unpaired) electrons. The first-order chi connectivity index (χ1) is 8.31. The summed E-state index contributed by atoms with van der Waals surface area (Å²) in [4.78, 5) is 0. The summed E-state index contributed by atoms with van der Waals surface area (Å²) < 4.78 is 10.6. The molecule has 2 aliphatic rings. The fraction of sp³-hybridized carbons (Fsp3) is 0.417. The zero-order chi connectivity index (χ0) is 11.7. The van der Waals surface area contributed by atoms with Crippen molar-refractivity contribution in [1.82, 2.24) is 5.32 Å². The van der Waals surface area contributed by atoms with Crippen LogP contribution >= 0.6 is 12.2 Å². The average molecular weight is 250 g/mol. The molecule has 1 saturated carbocycles. The lowest BCUT2D eigenvalue weighted by Gasteiger charge is -2.10. The average Bonchev–Trinajstić information content (AvgIpc) is 3.04. The molecule has 0 spiro atoms. The number of anilines is 1. The fourth-order valence-electron chi connectivity index (χ4n) is 1.71. The third-order valence-corrected chi connectivity index (χ3v) is 3.13. The Labute approximate surface area is 105 Å². The maximum absolute atomic E-state index is 5.30. The van der Waals surface area contributed by atoms with E-state index in [1.54, 1.807) is 0 Å². The molecule has 90 valence electrons. The van der Waals surface area contributed by atoms with Crippen LogP contribution in [0.25, 0.3) is 0 Å². The van der Waals surface area contributed by atoms with Gasteiger partial charge < -0.3 is 20.1 Å². The van der Waals surface area contributed by atoms with E-state index in [1.165, 1.54) is 12.8 Å². The van der Waals surface area contributed by atoms with Crippen molar-refractivity contribution in [3.63, 3.8) is 0 Å². The smallest absolute Gasteiger partial charge is 0.231 e. The van der Waals surface area contributed by atoms with Crippen molar-refractivity contribution in [2.24, 2.45) is 5.92 Å². The molecule has 1 aromatic rings. The lowest BCUT2D eigenvalue weighted by atomic mass is 10.3. The predicted molar refractivity (Wildman–Crippen MR) is 69.5 cm³/mol. The molecule has 0 bridgehead atoms. The quantitative estimate of drug-likeness (QED) is 0.804. The summed E-state index contributed by atoms with van der Waals surface area (Å²) in [5, 5.41) is 7.01. The van der Waals surface area contributed by atoms with Gasteiger partial charge in [-0.25, -0.2) is 0 Å². The zero-order valence-corrected chi connectivity index (χ0v) is 10.2. The number of hydrogen-bond acceptors (Lipinski definition) is 3. The second-order valence-electron chi connectivity index (χ2n) is 4.35. The zero-order valence-electron chi connectivity index (χ0n) is 9.36. The molecule has 4 nitrogen and oxygen atoms in total. The summed E-state index contributed by atoms with van der Waals surface area (Å²) in [5.41, 5.74) is 0.919. The van der Waals surface area contributed by atoms with E-state index in [2.05, 4.69) is 10.6 Å². The van der Waals surface area contributed by atoms with Crippen molar-refractivity contribution in [1.29, 1.82) is 0 Å². The number of nitrogens with one attached hydrogen (secondary N) is 2. The van der Waals surface area contributed by atoms with E-state index in [0.29, 0.717) is 11.9 Å². The van der Waals surface area contributed by atoms with Crippen molar-refractivity contribution in [3.05, 3.63) is 18.2 Å². The molecule has 1 aromatic carbocycles. The van der Waals surface area contributed by atoms with Gasteiger partial charge in [-0.3, -0.25) is 0 Å². The SMILES string of the molecule is S=C(NCC1CC1)Nc1ccc2c(c1)OCO2. The van der Waals surface area contributed by atoms with E-state index in [1.807, 2.05) is 18.2 Å². The number of ether oxygens (including phenoxy) is 2. The van der Waals surface area contributed by atoms with Gasteiger partial charge in [0, 0.05) is 18.3 Å². The highest BCUT2D eigenvalue weighted by molar-refractivity contribution is 7.80. The third-order valence-electron chi connectivity index (χ3n) is 2.88. The summed E-state index contributed by atoms with van der Waals surface area (Å²) in [6.07, 6.45) is 2.64. The van der Waals surface area contributed by atoms with Crippen LogP contribution in [-0.4, -0.2) is 18.5 Å². The van der Waals surface area contributed by atoms with Gasteiger partial charge in [0.25, 0.3) is 0 Å². The van der Waals surface area contributed by atoms with E-state index in [9.17, 15) is 0 Å². The summed E-state index contributed by atoms with van der Waals surface area (Å²) >= 11 is 5.22. The lowest BCUT2D eigenvalue weighted by Crippen LogP contribution is -2.30. The Balaban J connectivity index is 1.58. The highest BCUT2D eigenvalue weighted by atomic mass is 32.1. The molecule has 17 heavy (non-hydrogen) atoms.